The normalized spacial score (nSPS) is 16.6. The molecule has 2 aromatic heterocycles. The van der Waals surface area contributed by atoms with Gasteiger partial charge in [0.15, 0.2) is 0 Å². The first-order valence-corrected chi connectivity index (χ1v) is 10.0. The largest absolute Gasteiger partial charge is 0.339 e. The highest BCUT2D eigenvalue weighted by Gasteiger charge is 2.25. The van der Waals surface area contributed by atoms with Crippen LogP contribution in [0.4, 0.5) is 0 Å². The molecule has 6 nitrogen and oxygen atoms in total. The van der Waals surface area contributed by atoms with Crippen LogP contribution in [0.15, 0.2) is 52.9 Å². The molecular formula is C20H22N4O2S. The quantitative estimate of drug-likeness (QED) is 0.695. The van der Waals surface area contributed by atoms with Crippen molar-refractivity contribution in [2.45, 2.75) is 19.5 Å². The first kappa shape index (κ1) is 17.9. The maximum Gasteiger partial charge on any atom is 0.262 e. The lowest BCUT2D eigenvalue weighted by Gasteiger charge is -2.38. The van der Waals surface area contributed by atoms with Gasteiger partial charge < -0.3 is 4.90 Å². The van der Waals surface area contributed by atoms with Gasteiger partial charge in [-0.1, -0.05) is 30.3 Å². The van der Waals surface area contributed by atoms with Crippen LogP contribution in [0.2, 0.25) is 0 Å². The van der Waals surface area contributed by atoms with Crippen LogP contribution in [0, 0.1) is 0 Å². The molecule has 3 aromatic rings. The van der Waals surface area contributed by atoms with Crippen LogP contribution in [0.3, 0.4) is 0 Å². The zero-order chi connectivity index (χ0) is 18.8. The zero-order valence-electron chi connectivity index (χ0n) is 15.2. The number of carbonyl (C=O) groups is 1. The van der Waals surface area contributed by atoms with E-state index < -0.39 is 0 Å². The average molecular weight is 382 g/mol. The van der Waals surface area contributed by atoms with E-state index in [0.717, 1.165) is 13.1 Å². The van der Waals surface area contributed by atoms with E-state index in [4.69, 9.17) is 0 Å². The summed E-state index contributed by atoms with van der Waals surface area (Å²) in [7, 11) is 0. The predicted octanol–water partition coefficient (Wildman–Crippen LogP) is 2.36. The molecule has 1 unspecified atom stereocenters. The number of hydrogen-bond donors (Lipinski definition) is 0. The third-order valence-corrected chi connectivity index (χ3v) is 6.07. The fourth-order valence-corrected chi connectivity index (χ4v) is 4.28. The molecule has 1 saturated heterocycles. The van der Waals surface area contributed by atoms with E-state index in [9.17, 15) is 9.59 Å². The summed E-state index contributed by atoms with van der Waals surface area (Å²) < 4.78 is 1.41. The van der Waals surface area contributed by atoms with E-state index in [1.807, 2.05) is 16.3 Å². The molecule has 3 heterocycles. The highest BCUT2D eigenvalue weighted by molar-refractivity contribution is 7.16. The number of nitrogens with zero attached hydrogens (tertiary/aromatic N) is 4. The van der Waals surface area contributed by atoms with E-state index in [1.165, 1.54) is 27.8 Å². The Labute approximate surface area is 161 Å². The van der Waals surface area contributed by atoms with Crippen LogP contribution in [-0.2, 0) is 11.3 Å². The molecule has 7 heteroatoms. The highest BCUT2D eigenvalue weighted by Crippen LogP contribution is 2.21. The molecule has 140 valence electrons. The van der Waals surface area contributed by atoms with Crippen molar-refractivity contribution < 1.29 is 4.79 Å². The second kappa shape index (κ2) is 7.62. The number of amides is 1. The van der Waals surface area contributed by atoms with E-state index in [-0.39, 0.29) is 18.0 Å². The monoisotopic (exact) mass is 382 g/mol. The van der Waals surface area contributed by atoms with Crippen molar-refractivity contribution in [2.24, 2.45) is 0 Å². The molecule has 4 rings (SSSR count). The molecule has 0 bridgehead atoms. The third kappa shape index (κ3) is 3.65. The van der Waals surface area contributed by atoms with E-state index in [2.05, 4.69) is 41.1 Å². The summed E-state index contributed by atoms with van der Waals surface area (Å²) in [5.41, 5.74) is 1.14. The second-order valence-corrected chi connectivity index (χ2v) is 7.72. The summed E-state index contributed by atoms with van der Waals surface area (Å²) in [4.78, 5) is 34.3. The van der Waals surface area contributed by atoms with Gasteiger partial charge in [-0.25, -0.2) is 4.98 Å². The zero-order valence-corrected chi connectivity index (χ0v) is 16.1. The summed E-state index contributed by atoms with van der Waals surface area (Å²) in [6.07, 6.45) is 1.48. The summed E-state index contributed by atoms with van der Waals surface area (Å²) in [6.45, 7) is 5.27. The molecule has 27 heavy (non-hydrogen) atoms. The number of benzene rings is 1. The van der Waals surface area contributed by atoms with Crippen molar-refractivity contribution in [3.63, 3.8) is 0 Å². The molecular weight excluding hydrogens is 360 g/mol. The van der Waals surface area contributed by atoms with Gasteiger partial charge in [0.25, 0.3) is 5.56 Å². The van der Waals surface area contributed by atoms with Crippen molar-refractivity contribution in [2.75, 3.05) is 26.2 Å². The Hall–Kier alpha value is -2.51. The van der Waals surface area contributed by atoms with Crippen LogP contribution >= 0.6 is 11.3 Å². The van der Waals surface area contributed by atoms with Crippen molar-refractivity contribution in [1.29, 1.82) is 0 Å². The van der Waals surface area contributed by atoms with Crippen molar-refractivity contribution in [3.05, 3.63) is 64.0 Å². The minimum absolute atomic E-state index is 0.0273. The summed E-state index contributed by atoms with van der Waals surface area (Å²) in [5.74, 6) is -0.0273. The van der Waals surface area contributed by atoms with Crippen LogP contribution < -0.4 is 5.56 Å². The molecule has 1 atom stereocenters. The minimum atomic E-state index is -0.147. The Morgan fingerprint density at radius 3 is 2.63 bits per heavy atom. The molecule has 0 N–H and O–H groups in total. The van der Waals surface area contributed by atoms with Crippen molar-refractivity contribution in [3.8, 4) is 0 Å². The fraction of sp³-hybridized carbons (Fsp3) is 0.350. The molecule has 1 aliphatic rings. The third-order valence-electron chi connectivity index (χ3n) is 5.25. The lowest BCUT2D eigenvalue weighted by atomic mass is 10.1. The van der Waals surface area contributed by atoms with E-state index in [1.54, 1.807) is 6.07 Å². The minimum Gasteiger partial charge on any atom is -0.339 e. The Balaban J connectivity index is 1.38. The molecule has 1 aliphatic heterocycles. The molecule has 0 radical (unpaired) electrons. The van der Waals surface area contributed by atoms with Gasteiger partial charge in [0.1, 0.15) is 11.4 Å². The molecule has 1 fully saturated rings. The van der Waals surface area contributed by atoms with Gasteiger partial charge in [-0.2, -0.15) is 0 Å². The maximum absolute atomic E-state index is 12.7. The Kier molecular flexibility index (Phi) is 5.05. The average Bonchev–Trinajstić information content (AvgIpc) is 3.20. The number of thiophene rings is 1. The van der Waals surface area contributed by atoms with Gasteiger partial charge >= 0.3 is 0 Å². The predicted molar refractivity (Wildman–Crippen MR) is 107 cm³/mol. The van der Waals surface area contributed by atoms with Gasteiger partial charge in [0.05, 0.1) is 11.7 Å². The van der Waals surface area contributed by atoms with Crippen LogP contribution in [0.5, 0.6) is 0 Å². The number of aromatic nitrogens is 2. The highest BCUT2D eigenvalue weighted by atomic mass is 32.1. The fourth-order valence-electron chi connectivity index (χ4n) is 3.55. The van der Waals surface area contributed by atoms with Gasteiger partial charge in [-0.3, -0.25) is 19.1 Å². The number of carbonyl (C=O) groups excluding carboxylic acids is 1. The van der Waals surface area contributed by atoms with Gasteiger partial charge in [-0.15, -0.1) is 11.3 Å². The van der Waals surface area contributed by atoms with Crippen molar-refractivity contribution in [1.82, 2.24) is 19.4 Å². The van der Waals surface area contributed by atoms with Crippen LogP contribution in [0.25, 0.3) is 10.2 Å². The lowest BCUT2D eigenvalue weighted by molar-refractivity contribution is -0.134. The van der Waals surface area contributed by atoms with Gasteiger partial charge in [-0.05, 0) is 23.9 Å². The molecule has 1 aromatic carbocycles. The summed E-state index contributed by atoms with van der Waals surface area (Å²) in [5, 5.41) is 2.43. The smallest absolute Gasteiger partial charge is 0.262 e. The van der Waals surface area contributed by atoms with Gasteiger partial charge in [0.2, 0.25) is 5.91 Å². The maximum atomic E-state index is 12.7. The second-order valence-electron chi connectivity index (χ2n) is 6.82. The van der Waals surface area contributed by atoms with Crippen molar-refractivity contribution >= 4 is 27.5 Å². The number of rotatable bonds is 4. The topological polar surface area (TPSA) is 58.4 Å². The number of fused-ring (bicyclic) bond motifs is 1. The summed E-state index contributed by atoms with van der Waals surface area (Å²) >= 11 is 1.43. The number of hydrogen-bond acceptors (Lipinski definition) is 5. The van der Waals surface area contributed by atoms with Crippen LogP contribution in [-0.4, -0.2) is 51.4 Å². The summed E-state index contributed by atoms with van der Waals surface area (Å²) in [6, 6.07) is 12.5. The van der Waals surface area contributed by atoms with Crippen LogP contribution in [0.1, 0.15) is 18.5 Å². The van der Waals surface area contributed by atoms with E-state index in [0.29, 0.717) is 29.3 Å². The first-order chi connectivity index (χ1) is 13.1. The molecule has 0 aliphatic carbocycles. The van der Waals surface area contributed by atoms with Gasteiger partial charge in [0, 0.05) is 32.2 Å². The Bertz CT molecular complexity index is 990. The Morgan fingerprint density at radius 2 is 1.89 bits per heavy atom. The SMILES string of the molecule is CC(c1ccccc1)N1CCN(C(=O)Cn2cnc3sccc3c2=O)CC1. The lowest BCUT2D eigenvalue weighted by Crippen LogP contribution is -2.50. The standard InChI is InChI=1S/C20H22N4O2S/c1-15(16-5-3-2-4-6-16)22-8-10-23(11-9-22)18(25)13-24-14-21-19-17(20(24)26)7-12-27-19/h2-7,12,14-15H,8-11,13H2,1H3. The van der Waals surface area contributed by atoms with E-state index >= 15 is 0 Å². The molecule has 1 amide bonds. The number of piperazine rings is 1. The first-order valence-electron chi connectivity index (χ1n) is 9.13. The molecule has 0 spiro atoms. The Morgan fingerprint density at radius 1 is 1.15 bits per heavy atom. The molecule has 0 saturated carbocycles.